The molecule has 2 unspecified atom stereocenters. The predicted molar refractivity (Wildman–Crippen MR) is 82.2 cm³/mol. The Bertz CT molecular complexity index is 331. The molecule has 17 heavy (non-hydrogen) atoms. The highest BCUT2D eigenvalue weighted by Gasteiger charge is 2.24. The predicted octanol–water partition coefficient (Wildman–Crippen LogP) is 3.86. The third kappa shape index (κ3) is 3.95. The zero-order valence-corrected chi connectivity index (χ0v) is 12.7. The molecule has 0 aliphatic heterocycles. The summed E-state index contributed by atoms with van der Waals surface area (Å²) in [6, 6.07) is 9.05. The van der Waals surface area contributed by atoms with Crippen LogP contribution in [0.3, 0.4) is 0 Å². The van der Waals surface area contributed by atoms with Crippen LogP contribution in [0.5, 0.6) is 0 Å². The maximum atomic E-state index is 3.36. The molecule has 0 bridgehead atoms. The van der Waals surface area contributed by atoms with E-state index in [4.69, 9.17) is 0 Å². The summed E-state index contributed by atoms with van der Waals surface area (Å²) in [5.41, 5.74) is 1.51. The molecule has 1 saturated carbocycles. The van der Waals surface area contributed by atoms with Crippen LogP contribution in [0.25, 0.3) is 0 Å². The third-order valence-corrected chi connectivity index (χ3v) is 4.66. The van der Waals surface area contributed by atoms with Gasteiger partial charge in [-0.25, -0.2) is 0 Å². The molecule has 2 heteroatoms. The molecule has 2 rings (SSSR count). The van der Waals surface area contributed by atoms with Crippen molar-refractivity contribution in [2.75, 3.05) is 13.6 Å². The molecule has 0 spiro atoms. The molecule has 2 atom stereocenters. The molecule has 1 aliphatic carbocycles. The molecular weight excluding hydrogens is 321 g/mol. The molecule has 1 aliphatic rings. The van der Waals surface area contributed by atoms with Gasteiger partial charge in [0.05, 0.1) is 0 Å². The molecule has 0 radical (unpaired) electrons. The highest BCUT2D eigenvalue weighted by molar-refractivity contribution is 14.1. The lowest BCUT2D eigenvalue weighted by molar-refractivity contribution is 0.232. The summed E-state index contributed by atoms with van der Waals surface area (Å²) < 4.78 is 1.33. The summed E-state index contributed by atoms with van der Waals surface area (Å²) in [5.74, 6) is 1.77. The molecule has 0 aromatic heterocycles. The van der Waals surface area contributed by atoms with Crippen molar-refractivity contribution in [3.05, 3.63) is 33.4 Å². The SMILES string of the molecule is CNCC1CCCCC1Cc1ccc(I)cc1. The minimum Gasteiger partial charge on any atom is -0.319 e. The average molecular weight is 343 g/mol. The molecule has 1 aromatic carbocycles. The molecule has 1 N–H and O–H groups in total. The van der Waals surface area contributed by atoms with E-state index in [1.807, 2.05) is 0 Å². The number of nitrogens with one attached hydrogen (secondary N) is 1. The first-order valence-corrected chi connectivity index (χ1v) is 7.76. The van der Waals surface area contributed by atoms with Gasteiger partial charge in [-0.1, -0.05) is 25.0 Å². The van der Waals surface area contributed by atoms with E-state index in [9.17, 15) is 0 Å². The smallest absolute Gasteiger partial charge is 0.0130 e. The minimum atomic E-state index is 0.882. The number of benzene rings is 1. The Balaban J connectivity index is 1.97. The van der Waals surface area contributed by atoms with Crippen molar-refractivity contribution in [1.29, 1.82) is 0 Å². The molecule has 94 valence electrons. The molecule has 0 heterocycles. The Morgan fingerprint density at radius 2 is 1.76 bits per heavy atom. The van der Waals surface area contributed by atoms with Gasteiger partial charge in [0.15, 0.2) is 0 Å². The largest absolute Gasteiger partial charge is 0.319 e. The highest BCUT2D eigenvalue weighted by Crippen LogP contribution is 2.32. The van der Waals surface area contributed by atoms with E-state index in [-0.39, 0.29) is 0 Å². The molecule has 1 fully saturated rings. The molecule has 1 aromatic rings. The van der Waals surface area contributed by atoms with Crippen LogP contribution in [0.2, 0.25) is 0 Å². The van der Waals surface area contributed by atoms with Crippen LogP contribution in [0.4, 0.5) is 0 Å². The van der Waals surface area contributed by atoms with Gasteiger partial charge < -0.3 is 5.32 Å². The van der Waals surface area contributed by atoms with Crippen LogP contribution in [-0.4, -0.2) is 13.6 Å². The normalized spacial score (nSPS) is 24.8. The van der Waals surface area contributed by atoms with Gasteiger partial charge in [-0.3, -0.25) is 0 Å². The molecule has 1 nitrogen and oxygen atoms in total. The van der Waals surface area contributed by atoms with Crippen molar-refractivity contribution >= 4 is 22.6 Å². The van der Waals surface area contributed by atoms with E-state index < -0.39 is 0 Å². The van der Waals surface area contributed by atoms with Crippen LogP contribution in [0.15, 0.2) is 24.3 Å². The van der Waals surface area contributed by atoms with Crippen LogP contribution < -0.4 is 5.32 Å². The van der Waals surface area contributed by atoms with Crippen LogP contribution >= 0.6 is 22.6 Å². The zero-order chi connectivity index (χ0) is 12.1. The first-order chi connectivity index (χ1) is 8.29. The van der Waals surface area contributed by atoms with Crippen molar-refractivity contribution in [1.82, 2.24) is 5.32 Å². The highest BCUT2D eigenvalue weighted by atomic mass is 127. The van der Waals surface area contributed by atoms with Crippen molar-refractivity contribution < 1.29 is 0 Å². The summed E-state index contributed by atoms with van der Waals surface area (Å²) in [5, 5.41) is 3.36. The second-order valence-corrected chi connectivity index (χ2v) is 6.44. The first-order valence-electron chi connectivity index (χ1n) is 6.68. The number of hydrogen-bond acceptors (Lipinski definition) is 1. The van der Waals surface area contributed by atoms with E-state index in [0.717, 1.165) is 11.8 Å². The first kappa shape index (κ1) is 13.3. The summed E-state index contributed by atoms with van der Waals surface area (Å²) in [7, 11) is 2.08. The average Bonchev–Trinajstić information content (AvgIpc) is 2.35. The Kier molecular flexibility index (Phi) is 5.29. The summed E-state index contributed by atoms with van der Waals surface area (Å²) in [4.78, 5) is 0. The monoisotopic (exact) mass is 343 g/mol. The van der Waals surface area contributed by atoms with Crippen LogP contribution in [-0.2, 0) is 6.42 Å². The Morgan fingerprint density at radius 3 is 2.41 bits per heavy atom. The molecule has 0 amide bonds. The Labute approximate surface area is 119 Å². The zero-order valence-electron chi connectivity index (χ0n) is 10.6. The maximum absolute atomic E-state index is 3.36. The van der Waals surface area contributed by atoms with Gasteiger partial charge in [-0.2, -0.15) is 0 Å². The fraction of sp³-hybridized carbons (Fsp3) is 0.600. The van der Waals surface area contributed by atoms with Gasteiger partial charge >= 0.3 is 0 Å². The van der Waals surface area contributed by atoms with Crippen molar-refractivity contribution in [2.45, 2.75) is 32.1 Å². The van der Waals surface area contributed by atoms with E-state index in [0.29, 0.717) is 0 Å². The Morgan fingerprint density at radius 1 is 1.12 bits per heavy atom. The minimum absolute atomic E-state index is 0.882. The van der Waals surface area contributed by atoms with E-state index in [1.54, 1.807) is 0 Å². The van der Waals surface area contributed by atoms with Gasteiger partial charge in [0.2, 0.25) is 0 Å². The van der Waals surface area contributed by atoms with E-state index >= 15 is 0 Å². The van der Waals surface area contributed by atoms with Crippen LogP contribution in [0.1, 0.15) is 31.2 Å². The lowest BCUT2D eigenvalue weighted by Gasteiger charge is -2.31. The van der Waals surface area contributed by atoms with Gasteiger partial charge in [0, 0.05) is 3.57 Å². The van der Waals surface area contributed by atoms with E-state index in [2.05, 4.69) is 59.2 Å². The van der Waals surface area contributed by atoms with Gasteiger partial charge in [0.25, 0.3) is 0 Å². The lowest BCUT2D eigenvalue weighted by atomic mass is 9.76. The number of halogens is 1. The van der Waals surface area contributed by atoms with Gasteiger partial charge in [-0.15, -0.1) is 0 Å². The summed E-state index contributed by atoms with van der Waals surface area (Å²) >= 11 is 2.37. The van der Waals surface area contributed by atoms with Gasteiger partial charge in [0.1, 0.15) is 0 Å². The topological polar surface area (TPSA) is 12.0 Å². The second kappa shape index (κ2) is 6.74. The number of hydrogen-bond donors (Lipinski definition) is 1. The maximum Gasteiger partial charge on any atom is 0.0130 e. The fourth-order valence-corrected chi connectivity index (χ4v) is 3.37. The van der Waals surface area contributed by atoms with E-state index in [1.165, 1.54) is 47.8 Å². The van der Waals surface area contributed by atoms with Crippen molar-refractivity contribution in [3.63, 3.8) is 0 Å². The molecular formula is C15H22IN. The quantitative estimate of drug-likeness (QED) is 0.819. The second-order valence-electron chi connectivity index (χ2n) is 5.19. The number of rotatable bonds is 4. The molecule has 0 saturated heterocycles. The van der Waals surface area contributed by atoms with Crippen molar-refractivity contribution in [2.24, 2.45) is 11.8 Å². The Hall–Kier alpha value is -0.0900. The summed E-state index contributed by atoms with van der Waals surface area (Å²) in [6.45, 7) is 1.19. The summed E-state index contributed by atoms with van der Waals surface area (Å²) in [6.07, 6.45) is 6.95. The fourth-order valence-electron chi connectivity index (χ4n) is 3.01. The van der Waals surface area contributed by atoms with Gasteiger partial charge in [-0.05, 0) is 85.0 Å². The van der Waals surface area contributed by atoms with Crippen LogP contribution in [0, 0.1) is 15.4 Å². The lowest BCUT2D eigenvalue weighted by Crippen LogP contribution is -2.30. The van der Waals surface area contributed by atoms with Crippen molar-refractivity contribution in [3.8, 4) is 0 Å². The standard InChI is InChI=1S/C15H22IN/c1-17-11-14-5-3-2-4-13(14)10-12-6-8-15(16)9-7-12/h6-9,13-14,17H,2-5,10-11H2,1H3. The third-order valence-electron chi connectivity index (χ3n) is 3.94.